The maximum atomic E-state index is 10.5. The van der Waals surface area contributed by atoms with Gasteiger partial charge in [0, 0.05) is 39.3 Å². The van der Waals surface area contributed by atoms with Crippen molar-refractivity contribution in [1.82, 2.24) is 31.9 Å². The Hall–Kier alpha value is -2.19. The predicted molar refractivity (Wildman–Crippen MR) is 78.1 cm³/mol. The van der Waals surface area contributed by atoms with Gasteiger partial charge in [0.05, 0.1) is 0 Å². The van der Waals surface area contributed by atoms with Crippen LogP contribution in [0, 0.1) is 0 Å². The lowest BCUT2D eigenvalue weighted by Crippen LogP contribution is -2.42. The van der Waals surface area contributed by atoms with Gasteiger partial charge in [-0.15, -0.1) is 0 Å². The Balaban J connectivity index is 0.000000159. The van der Waals surface area contributed by atoms with Crippen LogP contribution in [0.5, 0.6) is 0 Å². The molecule has 0 saturated carbocycles. The normalized spacial score (nSPS) is 20.3. The van der Waals surface area contributed by atoms with Gasteiger partial charge in [-0.3, -0.25) is 0 Å². The van der Waals surface area contributed by atoms with Gasteiger partial charge in [-0.2, -0.15) is 0 Å². The van der Waals surface area contributed by atoms with Crippen molar-refractivity contribution in [2.24, 2.45) is 0 Å². The number of carbonyl (C=O) groups is 3. The fraction of sp³-hybridized carbons (Fsp3) is 0.750. The summed E-state index contributed by atoms with van der Waals surface area (Å²) in [6, 6.07) is -0.108. The van der Waals surface area contributed by atoms with Gasteiger partial charge in [0.25, 0.3) is 0 Å². The molecule has 0 atom stereocenters. The van der Waals surface area contributed by atoms with Crippen LogP contribution in [0.4, 0.5) is 14.4 Å². The molecule has 3 rings (SSSR count). The summed E-state index contributed by atoms with van der Waals surface area (Å²) >= 11 is 0. The Kier molecular flexibility index (Phi) is 8.50. The van der Waals surface area contributed by atoms with Crippen LogP contribution in [0.15, 0.2) is 0 Å². The molecule has 21 heavy (non-hydrogen) atoms. The van der Waals surface area contributed by atoms with Gasteiger partial charge in [0.1, 0.15) is 0 Å². The summed E-state index contributed by atoms with van der Waals surface area (Å²) in [6.45, 7) is 4.85. The molecule has 0 spiro atoms. The summed E-state index contributed by atoms with van der Waals surface area (Å²) in [4.78, 5) is 30.7. The molecule has 3 fully saturated rings. The van der Waals surface area contributed by atoms with Crippen molar-refractivity contribution in [3.05, 3.63) is 0 Å². The first-order valence-electron chi connectivity index (χ1n) is 7.23. The monoisotopic (exact) mass is 300 g/mol. The summed E-state index contributed by atoms with van der Waals surface area (Å²) in [7, 11) is 0. The first-order valence-corrected chi connectivity index (χ1v) is 7.23. The number of hydrogen-bond acceptors (Lipinski definition) is 3. The van der Waals surface area contributed by atoms with Crippen LogP contribution in [-0.2, 0) is 0 Å². The smallest absolute Gasteiger partial charge is 0.314 e. The SMILES string of the molecule is O=C1NCCCCN1.O=C1NCCCN1.O=C1NCCN1. The average Bonchev–Trinajstić information content (AvgIpc) is 2.83. The number of urea groups is 3. The molecule has 3 saturated heterocycles. The molecule has 6 N–H and O–H groups in total. The Morgan fingerprint density at radius 1 is 0.429 bits per heavy atom. The highest BCUT2D eigenvalue weighted by Crippen LogP contribution is 1.87. The zero-order chi connectivity index (χ0) is 15.3. The maximum absolute atomic E-state index is 10.5. The van der Waals surface area contributed by atoms with Crippen LogP contribution in [0.25, 0.3) is 0 Å². The minimum atomic E-state index is -0.0463. The van der Waals surface area contributed by atoms with Gasteiger partial charge in [-0.25, -0.2) is 14.4 Å². The van der Waals surface area contributed by atoms with Crippen LogP contribution in [0.2, 0.25) is 0 Å². The summed E-state index contributed by atoms with van der Waals surface area (Å²) in [5, 5.41) is 15.8. The molecule has 9 heteroatoms. The number of rotatable bonds is 0. The zero-order valence-electron chi connectivity index (χ0n) is 12.1. The van der Waals surface area contributed by atoms with E-state index < -0.39 is 0 Å². The van der Waals surface area contributed by atoms with Gasteiger partial charge in [-0.1, -0.05) is 0 Å². The molecule has 9 nitrogen and oxygen atoms in total. The molecule has 3 aliphatic rings. The van der Waals surface area contributed by atoms with Gasteiger partial charge < -0.3 is 31.9 Å². The number of amides is 6. The van der Waals surface area contributed by atoms with E-state index in [1.165, 1.54) is 0 Å². The minimum absolute atomic E-state index is 0.0255. The molecule has 0 aromatic carbocycles. The Bertz CT molecular complexity index is 324. The van der Waals surface area contributed by atoms with E-state index in [1.54, 1.807) is 0 Å². The van der Waals surface area contributed by atoms with Gasteiger partial charge in [-0.05, 0) is 19.3 Å². The lowest BCUT2D eigenvalue weighted by Gasteiger charge is -2.11. The van der Waals surface area contributed by atoms with E-state index in [9.17, 15) is 14.4 Å². The van der Waals surface area contributed by atoms with Crippen LogP contribution in [0.3, 0.4) is 0 Å². The molecule has 3 aliphatic heterocycles. The van der Waals surface area contributed by atoms with Crippen molar-refractivity contribution in [2.45, 2.75) is 19.3 Å². The van der Waals surface area contributed by atoms with E-state index in [4.69, 9.17) is 0 Å². The molecule has 120 valence electrons. The lowest BCUT2D eigenvalue weighted by molar-refractivity contribution is 0.236. The zero-order valence-corrected chi connectivity index (χ0v) is 12.1. The van der Waals surface area contributed by atoms with Gasteiger partial charge >= 0.3 is 18.1 Å². The molecule has 0 radical (unpaired) electrons. The van der Waals surface area contributed by atoms with E-state index >= 15 is 0 Å². The fourth-order valence-electron chi connectivity index (χ4n) is 1.69. The lowest BCUT2D eigenvalue weighted by atomic mass is 10.3. The molecule has 0 bridgehead atoms. The average molecular weight is 300 g/mol. The van der Waals surface area contributed by atoms with Gasteiger partial charge in [0.2, 0.25) is 0 Å². The van der Waals surface area contributed by atoms with Crippen molar-refractivity contribution in [1.29, 1.82) is 0 Å². The maximum Gasteiger partial charge on any atom is 0.314 e. The minimum Gasteiger partial charge on any atom is -0.338 e. The molecular weight excluding hydrogens is 276 g/mol. The van der Waals surface area contributed by atoms with Crippen molar-refractivity contribution in [3.63, 3.8) is 0 Å². The second-order valence-electron chi connectivity index (χ2n) is 4.61. The fourth-order valence-corrected chi connectivity index (χ4v) is 1.69. The van der Waals surface area contributed by atoms with E-state index in [2.05, 4.69) is 31.9 Å². The van der Waals surface area contributed by atoms with Crippen LogP contribution < -0.4 is 31.9 Å². The third kappa shape index (κ3) is 9.36. The highest BCUT2D eigenvalue weighted by molar-refractivity contribution is 5.75. The molecular formula is C12H24N6O3. The largest absolute Gasteiger partial charge is 0.338 e. The molecule has 0 aromatic rings. The van der Waals surface area contributed by atoms with E-state index in [1.807, 2.05) is 0 Å². The van der Waals surface area contributed by atoms with Crippen molar-refractivity contribution in [2.75, 3.05) is 39.3 Å². The number of hydrogen-bond donors (Lipinski definition) is 6. The van der Waals surface area contributed by atoms with Crippen LogP contribution >= 0.6 is 0 Å². The highest BCUT2D eigenvalue weighted by atomic mass is 16.2. The standard InChI is InChI=1S/C5H10N2O.C4H8N2O.C3H6N2O/c8-5-6-3-1-2-4-7-5;7-4-5-2-1-3-6-4;6-3-4-1-2-5-3/h1-4H2,(H2,6,7,8);1-3H2,(H2,5,6,7);1-2H2,(H2,4,5,6). The van der Waals surface area contributed by atoms with Crippen molar-refractivity contribution < 1.29 is 14.4 Å². The molecule has 0 aliphatic carbocycles. The highest BCUT2D eigenvalue weighted by Gasteiger charge is 2.03. The van der Waals surface area contributed by atoms with Crippen LogP contribution in [-0.4, -0.2) is 57.4 Å². The summed E-state index contributed by atoms with van der Waals surface area (Å²) < 4.78 is 0. The third-order valence-corrected chi connectivity index (χ3v) is 2.80. The topological polar surface area (TPSA) is 123 Å². The number of carbonyl (C=O) groups excluding carboxylic acids is 3. The van der Waals surface area contributed by atoms with E-state index in [0.29, 0.717) is 0 Å². The predicted octanol–water partition coefficient (Wildman–Crippen LogP) is -0.932. The Morgan fingerprint density at radius 3 is 1.00 bits per heavy atom. The van der Waals surface area contributed by atoms with E-state index in [0.717, 1.165) is 58.5 Å². The molecule has 0 aromatic heterocycles. The first kappa shape index (κ1) is 16.9. The molecule has 3 heterocycles. The van der Waals surface area contributed by atoms with Crippen LogP contribution in [0.1, 0.15) is 19.3 Å². The Labute approximate surface area is 124 Å². The summed E-state index contributed by atoms with van der Waals surface area (Å²) in [5.74, 6) is 0. The summed E-state index contributed by atoms with van der Waals surface area (Å²) in [6.07, 6.45) is 3.24. The molecule has 0 unspecified atom stereocenters. The first-order chi connectivity index (χ1) is 10.2. The second-order valence-corrected chi connectivity index (χ2v) is 4.61. The quantitative estimate of drug-likeness (QED) is 0.346. The van der Waals surface area contributed by atoms with Crippen molar-refractivity contribution >= 4 is 18.1 Å². The number of nitrogens with one attached hydrogen (secondary N) is 6. The second kappa shape index (κ2) is 10.6. The third-order valence-electron chi connectivity index (χ3n) is 2.80. The Morgan fingerprint density at radius 2 is 0.714 bits per heavy atom. The van der Waals surface area contributed by atoms with Crippen molar-refractivity contribution in [3.8, 4) is 0 Å². The van der Waals surface area contributed by atoms with E-state index in [-0.39, 0.29) is 18.1 Å². The van der Waals surface area contributed by atoms with Gasteiger partial charge in [0.15, 0.2) is 0 Å². The summed E-state index contributed by atoms with van der Waals surface area (Å²) in [5.41, 5.74) is 0. The molecule has 6 amide bonds.